The van der Waals surface area contributed by atoms with E-state index in [9.17, 15) is 14.0 Å². The third kappa shape index (κ3) is 5.16. The van der Waals surface area contributed by atoms with Gasteiger partial charge in [0.15, 0.2) is 0 Å². The van der Waals surface area contributed by atoms with Gasteiger partial charge in [0.05, 0.1) is 11.0 Å². The SMILES string of the molecule is CC(=O)NCCCc1nc2ccccc2n1CC(=O)NCc1ccc(F)cc1. The highest BCUT2D eigenvalue weighted by Gasteiger charge is 2.13. The minimum atomic E-state index is -0.302. The summed E-state index contributed by atoms with van der Waals surface area (Å²) in [6.45, 7) is 2.54. The number of amides is 2. The Morgan fingerprint density at radius 2 is 1.82 bits per heavy atom. The Labute approximate surface area is 162 Å². The van der Waals surface area contributed by atoms with E-state index < -0.39 is 0 Å². The molecule has 146 valence electrons. The number of aromatic nitrogens is 2. The van der Waals surface area contributed by atoms with Crippen LogP contribution in [0.5, 0.6) is 0 Å². The number of hydrogen-bond acceptors (Lipinski definition) is 3. The topological polar surface area (TPSA) is 76.0 Å². The van der Waals surface area contributed by atoms with Crippen LogP contribution in [-0.2, 0) is 29.1 Å². The Kier molecular flexibility index (Phi) is 6.37. The molecule has 6 nitrogen and oxygen atoms in total. The van der Waals surface area contributed by atoms with Crippen molar-refractivity contribution in [2.45, 2.75) is 32.9 Å². The Morgan fingerprint density at radius 1 is 1.07 bits per heavy atom. The van der Waals surface area contributed by atoms with Crippen molar-refractivity contribution >= 4 is 22.8 Å². The number of carbonyl (C=O) groups is 2. The summed E-state index contributed by atoms with van der Waals surface area (Å²) in [5.41, 5.74) is 2.57. The fourth-order valence-electron chi connectivity index (χ4n) is 3.01. The highest BCUT2D eigenvalue weighted by molar-refractivity contribution is 5.81. The number of aryl methyl sites for hydroxylation is 1. The molecule has 7 heteroatoms. The van der Waals surface area contributed by atoms with Gasteiger partial charge in [-0.3, -0.25) is 9.59 Å². The fourth-order valence-corrected chi connectivity index (χ4v) is 3.01. The number of benzene rings is 2. The third-order valence-corrected chi connectivity index (χ3v) is 4.39. The van der Waals surface area contributed by atoms with Crippen molar-refractivity contribution in [2.24, 2.45) is 0 Å². The Hall–Kier alpha value is -3.22. The minimum Gasteiger partial charge on any atom is -0.356 e. The molecule has 0 aliphatic heterocycles. The van der Waals surface area contributed by atoms with Crippen LogP contribution in [0.4, 0.5) is 4.39 Å². The highest BCUT2D eigenvalue weighted by atomic mass is 19.1. The first kappa shape index (κ1) is 19.5. The second kappa shape index (κ2) is 9.12. The number of hydrogen-bond donors (Lipinski definition) is 2. The van der Waals surface area contributed by atoms with E-state index in [1.54, 1.807) is 12.1 Å². The number of rotatable bonds is 8. The molecule has 1 heterocycles. The normalized spacial score (nSPS) is 10.8. The van der Waals surface area contributed by atoms with Gasteiger partial charge >= 0.3 is 0 Å². The van der Waals surface area contributed by atoms with Crippen molar-refractivity contribution in [3.05, 3.63) is 65.7 Å². The maximum absolute atomic E-state index is 13.0. The van der Waals surface area contributed by atoms with Crippen LogP contribution < -0.4 is 10.6 Å². The van der Waals surface area contributed by atoms with Gasteiger partial charge in [-0.1, -0.05) is 24.3 Å². The Bertz CT molecular complexity index is 966. The smallest absolute Gasteiger partial charge is 0.240 e. The van der Waals surface area contributed by atoms with Gasteiger partial charge in [-0.2, -0.15) is 0 Å². The summed E-state index contributed by atoms with van der Waals surface area (Å²) in [5.74, 6) is 0.302. The van der Waals surface area contributed by atoms with Gasteiger partial charge in [-0.15, -0.1) is 0 Å². The lowest BCUT2D eigenvalue weighted by Crippen LogP contribution is -2.28. The Morgan fingerprint density at radius 3 is 2.57 bits per heavy atom. The van der Waals surface area contributed by atoms with Gasteiger partial charge in [0.2, 0.25) is 11.8 Å². The van der Waals surface area contributed by atoms with Crippen molar-refractivity contribution in [1.82, 2.24) is 20.2 Å². The number of halogens is 1. The Balaban J connectivity index is 1.67. The van der Waals surface area contributed by atoms with Gasteiger partial charge in [0.25, 0.3) is 0 Å². The van der Waals surface area contributed by atoms with E-state index in [0.29, 0.717) is 19.5 Å². The lowest BCUT2D eigenvalue weighted by atomic mass is 10.2. The van der Waals surface area contributed by atoms with Crippen LogP contribution in [0, 0.1) is 5.82 Å². The number of nitrogens with one attached hydrogen (secondary N) is 2. The molecule has 0 aliphatic rings. The molecule has 0 spiro atoms. The van der Waals surface area contributed by atoms with Crippen molar-refractivity contribution < 1.29 is 14.0 Å². The van der Waals surface area contributed by atoms with Crippen LogP contribution in [0.2, 0.25) is 0 Å². The van der Waals surface area contributed by atoms with Crippen molar-refractivity contribution in [3.63, 3.8) is 0 Å². The van der Waals surface area contributed by atoms with E-state index >= 15 is 0 Å². The molecule has 0 fully saturated rings. The summed E-state index contributed by atoms with van der Waals surface area (Å²) >= 11 is 0. The molecule has 1 aromatic heterocycles. The molecule has 28 heavy (non-hydrogen) atoms. The molecule has 3 aromatic rings. The van der Waals surface area contributed by atoms with E-state index in [4.69, 9.17) is 0 Å². The molecule has 0 unspecified atom stereocenters. The summed E-state index contributed by atoms with van der Waals surface area (Å²) < 4.78 is 14.9. The van der Waals surface area contributed by atoms with Gasteiger partial charge in [0, 0.05) is 26.4 Å². The quantitative estimate of drug-likeness (QED) is 0.588. The minimum absolute atomic E-state index is 0.0614. The van der Waals surface area contributed by atoms with Crippen LogP contribution >= 0.6 is 0 Å². The standard InChI is InChI=1S/C21H23FN4O2/c1-15(27)23-12-4-7-20-25-18-5-2-3-6-19(18)26(20)14-21(28)24-13-16-8-10-17(22)11-9-16/h2-3,5-6,8-11H,4,7,12-14H2,1H3,(H,23,27)(H,24,28). The van der Waals surface area contributed by atoms with Gasteiger partial charge in [-0.25, -0.2) is 9.37 Å². The first-order chi connectivity index (χ1) is 13.5. The molecule has 2 N–H and O–H groups in total. The summed E-state index contributed by atoms with van der Waals surface area (Å²) in [4.78, 5) is 28.1. The lowest BCUT2D eigenvalue weighted by Gasteiger charge is -2.10. The largest absolute Gasteiger partial charge is 0.356 e. The maximum atomic E-state index is 13.0. The molecule has 0 saturated carbocycles. The fraction of sp³-hybridized carbons (Fsp3) is 0.286. The number of imidazole rings is 1. The summed E-state index contributed by atoms with van der Waals surface area (Å²) in [6, 6.07) is 13.7. The predicted octanol–water partition coefficient (Wildman–Crippen LogP) is 2.56. The van der Waals surface area contributed by atoms with Crippen LogP contribution in [-0.4, -0.2) is 27.9 Å². The average Bonchev–Trinajstić information content (AvgIpc) is 3.02. The van der Waals surface area contributed by atoms with Gasteiger partial charge in [-0.05, 0) is 36.2 Å². The summed E-state index contributed by atoms with van der Waals surface area (Å²) in [6.07, 6.45) is 1.39. The highest BCUT2D eigenvalue weighted by Crippen LogP contribution is 2.17. The predicted molar refractivity (Wildman–Crippen MR) is 105 cm³/mol. The van der Waals surface area contributed by atoms with Crippen molar-refractivity contribution in [3.8, 4) is 0 Å². The monoisotopic (exact) mass is 382 g/mol. The van der Waals surface area contributed by atoms with E-state index in [0.717, 1.165) is 28.8 Å². The van der Waals surface area contributed by atoms with E-state index in [-0.39, 0.29) is 24.2 Å². The van der Waals surface area contributed by atoms with E-state index in [2.05, 4.69) is 15.6 Å². The van der Waals surface area contributed by atoms with Crippen molar-refractivity contribution in [2.75, 3.05) is 6.54 Å². The van der Waals surface area contributed by atoms with Gasteiger partial charge in [0.1, 0.15) is 18.2 Å². The second-order valence-electron chi connectivity index (χ2n) is 6.59. The lowest BCUT2D eigenvalue weighted by molar-refractivity contribution is -0.122. The van der Waals surface area contributed by atoms with Crippen LogP contribution in [0.15, 0.2) is 48.5 Å². The molecule has 0 bridgehead atoms. The number of fused-ring (bicyclic) bond motifs is 1. The molecule has 2 amide bonds. The van der Waals surface area contributed by atoms with E-state index in [1.165, 1.54) is 19.1 Å². The number of nitrogens with zero attached hydrogens (tertiary/aromatic N) is 2. The number of carbonyl (C=O) groups excluding carboxylic acids is 2. The second-order valence-corrected chi connectivity index (χ2v) is 6.59. The van der Waals surface area contributed by atoms with Crippen LogP contribution in [0.25, 0.3) is 11.0 Å². The summed E-state index contributed by atoms with van der Waals surface area (Å²) in [5, 5.41) is 5.63. The molecule has 0 radical (unpaired) electrons. The van der Waals surface area contributed by atoms with Crippen LogP contribution in [0.3, 0.4) is 0 Å². The molecule has 3 rings (SSSR count). The molecular formula is C21H23FN4O2. The molecule has 0 aliphatic carbocycles. The van der Waals surface area contributed by atoms with Crippen LogP contribution in [0.1, 0.15) is 24.7 Å². The van der Waals surface area contributed by atoms with Crippen molar-refractivity contribution in [1.29, 1.82) is 0 Å². The molecule has 0 atom stereocenters. The summed E-state index contributed by atoms with van der Waals surface area (Å²) in [7, 11) is 0. The zero-order valence-corrected chi connectivity index (χ0v) is 15.7. The molecular weight excluding hydrogens is 359 g/mol. The zero-order valence-electron chi connectivity index (χ0n) is 15.7. The first-order valence-corrected chi connectivity index (χ1v) is 9.22. The van der Waals surface area contributed by atoms with E-state index in [1.807, 2.05) is 28.8 Å². The maximum Gasteiger partial charge on any atom is 0.240 e. The average molecular weight is 382 g/mol. The first-order valence-electron chi connectivity index (χ1n) is 9.22. The molecule has 2 aromatic carbocycles. The zero-order chi connectivity index (χ0) is 19.9. The molecule has 0 saturated heterocycles. The number of para-hydroxylation sites is 2. The third-order valence-electron chi connectivity index (χ3n) is 4.39. The van der Waals surface area contributed by atoms with Gasteiger partial charge < -0.3 is 15.2 Å².